The van der Waals surface area contributed by atoms with Gasteiger partial charge in [-0.3, -0.25) is 9.48 Å². The molecular formula is C21H23N5O. The zero-order valence-electron chi connectivity index (χ0n) is 16.2. The molecule has 2 aromatic heterocycles. The number of hydrogen-bond donors (Lipinski definition) is 0. The van der Waals surface area contributed by atoms with Crippen molar-refractivity contribution in [2.45, 2.75) is 33.7 Å². The number of nitrogens with zero attached hydrogens (tertiary/aromatic N) is 5. The third kappa shape index (κ3) is 3.68. The number of carbonyl (C=O) groups is 1. The lowest BCUT2D eigenvalue weighted by Gasteiger charge is -2.23. The summed E-state index contributed by atoms with van der Waals surface area (Å²) >= 11 is 0. The highest BCUT2D eigenvalue weighted by molar-refractivity contribution is 6.06. The fraction of sp³-hybridized carbons (Fsp3) is 0.333. The molecule has 0 aliphatic rings. The normalized spacial score (nSPS) is 10.8. The van der Waals surface area contributed by atoms with Crippen molar-refractivity contribution in [1.29, 1.82) is 5.26 Å². The lowest BCUT2D eigenvalue weighted by molar-refractivity contribution is 0.0745. The van der Waals surface area contributed by atoms with Crippen molar-refractivity contribution in [2.75, 3.05) is 6.54 Å². The smallest absolute Gasteiger partial charge is 0.255 e. The summed E-state index contributed by atoms with van der Waals surface area (Å²) in [6.45, 7) is 7.01. The first-order valence-corrected chi connectivity index (χ1v) is 9.03. The molecule has 0 fully saturated rings. The number of amides is 1. The number of hydrogen-bond acceptors (Lipinski definition) is 4. The zero-order valence-corrected chi connectivity index (χ0v) is 16.2. The minimum absolute atomic E-state index is 0.0205. The standard InChI is InChI=1S/C21H23N5O/c1-5-10-26(13-17-8-6-16(12-22)7-9-17)21(27)18-11-14(2)23-20-19(18)15(3)24-25(20)4/h6-9,11H,5,10,13H2,1-4H3. The van der Waals surface area contributed by atoms with Crippen LogP contribution in [-0.2, 0) is 13.6 Å². The maximum absolute atomic E-state index is 13.4. The molecule has 3 rings (SSSR count). The molecule has 1 amide bonds. The number of fused-ring (bicyclic) bond motifs is 1. The number of aryl methyl sites for hydroxylation is 3. The van der Waals surface area contributed by atoms with Crippen LogP contribution in [0.3, 0.4) is 0 Å². The second kappa shape index (κ2) is 7.58. The Labute approximate surface area is 159 Å². The van der Waals surface area contributed by atoms with E-state index in [9.17, 15) is 4.79 Å². The number of nitriles is 1. The summed E-state index contributed by atoms with van der Waals surface area (Å²) in [5.41, 5.74) is 4.59. The molecule has 1 aromatic carbocycles. The molecule has 0 radical (unpaired) electrons. The van der Waals surface area contributed by atoms with E-state index in [-0.39, 0.29) is 5.91 Å². The van der Waals surface area contributed by atoms with Crippen molar-refractivity contribution >= 4 is 16.9 Å². The van der Waals surface area contributed by atoms with Gasteiger partial charge in [0.25, 0.3) is 5.91 Å². The number of benzene rings is 1. The quantitative estimate of drug-likeness (QED) is 0.697. The van der Waals surface area contributed by atoms with E-state index in [1.807, 2.05) is 44.0 Å². The fourth-order valence-electron chi connectivity index (χ4n) is 3.34. The molecule has 27 heavy (non-hydrogen) atoms. The van der Waals surface area contributed by atoms with Gasteiger partial charge in [0.1, 0.15) is 0 Å². The van der Waals surface area contributed by atoms with E-state index in [4.69, 9.17) is 5.26 Å². The maximum Gasteiger partial charge on any atom is 0.255 e. The van der Waals surface area contributed by atoms with E-state index in [1.165, 1.54) is 0 Å². The number of rotatable bonds is 5. The van der Waals surface area contributed by atoms with Gasteiger partial charge in [-0.1, -0.05) is 19.1 Å². The van der Waals surface area contributed by atoms with Gasteiger partial charge in [-0.05, 0) is 44.0 Å². The Bertz CT molecular complexity index is 1030. The minimum atomic E-state index is -0.0205. The van der Waals surface area contributed by atoms with Gasteiger partial charge in [0.15, 0.2) is 5.65 Å². The van der Waals surface area contributed by atoms with Crippen LogP contribution in [0.25, 0.3) is 11.0 Å². The average molecular weight is 361 g/mol. The molecule has 0 unspecified atom stereocenters. The average Bonchev–Trinajstić information content (AvgIpc) is 2.94. The van der Waals surface area contributed by atoms with Crippen LogP contribution in [0, 0.1) is 25.2 Å². The van der Waals surface area contributed by atoms with Crippen LogP contribution in [0.2, 0.25) is 0 Å². The van der Waals surface area contributed by atoms with E-state index in [2.05, 4.69) is 23.1 Å². The summed E-state index contributed by atoms with van der Waals surface area (Å²) in [7, 11) is 1.84. The third-order valence-corrected chi connectivity index (χ3v) is 4.56. The Hall–Kier alpha value is -3.20. The molecule has 0 aliphatic heterocycles. The lowest BCUT2D eigenvalue weighted by Crippen LogP contribution is -2.31. The second-order valence-electron chi connectivity index (χ2n) is 6.75. The highest BCUT2D eigenvalue weighted by Gasteiger charge is 2.22. The summed E-state index contributed by atoms with van der Waals surface area (Å²) in [5, 5.41) is 14.2. The first kappa shape index (κ1) is 18.6. The molecule has 0 aliphatic carbocycles. The van der Waals surface area contributed by atoms with E-state index in [0.717, 1.165) is 34.4 Å². The monoisotopic (exact) mass is 361 g/mol. The van der Waals surface area contributed by atoms with Gasteiger partial charge in [0, 0.05) is 25.8 Å². The van der Waals surface area contributed by atoms with Crippen LogP contribution in [0.5, 0.6) is 0 Å². The highest BCUT2D eigenvalue weighted by Crippen LogP contribution is 2.24. The third-order valence-electron chi connectivity index (χ3n) is 4.56. The molecule has 0 spiro atoms. The van der Waals surface area contributed by atoms with Gasteiger partial charge in [-0.2, -0.15) is 10.4 Å². The van der Waals surface area contributed by atoms with Crippen LogP contribution in [0.15, 0.2) is 30.3 Å². The van der Waals surface area contributed by atoms with Crippen LogP contribution >= 0.6 is 0 Å². The van der Waals surface area contributed by atoms with Gasteiger partial charge in [0.05, 0.1) is 28.3 Å². The Morgan fingerprint density at radius 3 is 2.59 bits per heavy atom. The Balaban J connectivity index is 2.00. The highest BCUT2D eigenvalue weighted by atomic mass is 16.2. The largest absolute Gasteiger partial charge is 0.334 e. The topological polar surface area (TPSA) is 74.8 Å². The summed E-state index contributed by atoms with van der Waals surface area (Å²) in [6.07, 6.45) is 0.862. The van der Waals surface area contributed by atoms with E-state index in [0.29, 0.717) is 24.2 Å². The molecule has 0 atom stereocenters. The lowest BCUT2D eigenvalue weighted by atomic mass is 10.1. The molecule has 0 saturated heterocycles. The minimum Gasteiger partial charge on any atom is -0.334 e. The van der Waals surface area contributed by atoms with Crippen molar-refractivity contribution < 1.29 is 4.79 Å². The van der Waals surface area contributed by atoms with Gasteiger partial charge in [-0.25, -0.2) is 4.98 Å². The number of carbonyl (C=O) groups excluding carboxylic acids is 1. The predicted octanol–water partition coefficient (Wildman–Crippen LogP) is 3.51. The molecule has 0 bridgehead atoms. The van der Waals surface area contributed by atoms with Gasteiger partial charge < -0.3 is 4.90 Å². The summed E-state index contributed by atoms with van der Waals surface area (Å²) < 4.78 is 1.72. The first-order valence-electron chi connectivity index (χ1n) is 9.03. The van der Waals surface area contributed by atoms with Crippen molar-refractivity contribution in [3.8, 4) is 6.07 Å². The van der Waals surface area contributed by atoms with E-state index in [1.54, 1.807) is 16.8 Å². The van der Waals surface area contributed by atoms with Crippen molar-refractivity contribution in [2.24, 2.45) is 7.05 Å². The molecule has 2 heterocycles. The first-order chi connectivity index (χ1) is 12.9. The van der Waals surface area contributed by atoms with Crippen LogP contribution in [-0.4, -0.2) is 32.1 Å². The van der Waals surface area contributed by atoms with Gasteiger partial charge in [0.2, 0.25) is 0 Å². The Kier molecular flexibility index (Phi) is 5.22. The predicted molar refractivity (Wildman–Crippen MR) is 104 cm³/mol. The van der Waals surface area contributed by atoms with Crippen molar-refractivity contribution in [3.63, 3.8) is 0 Å². The zero-order chi connectivity index (χ0) is 19.6. The van der Waals surface area contributed by atoms with Crippen molar-refractivity contribution in [1.82, 2.24) is 19.7 Å². The molecule has 0 N–H and O–H groups in total. The van der Waals surface area contributed by atoms with Crippen LogP contribution in [0.4, 0.5) is 0 Å². The molecule has 6 heteroatoms. The number of aromatic nitrogens is 3. The van der Waals surface area contributed by atoms with E-state index >= 15 is 0 Å². The summed E-state index contributed by atoms with van der Waals surface area (Å²) in [5.74, 6) is -0.0205. The molecule has 3 aromatic rings. The Morgan fingerprint density at radius 2 is 1.96 bits per heavy atom. The summed E-state index contributed by atoms with van der Waals surface area (Å²) in [4.78, 5) is 19.8. The SMILES string of the molecule is CCCN(Cc1ccc(C#N)cc1)C(=O)c1cc(C)nc2c1c(C)nn2C. The fourth-order valence-corrected chi connectivity index (χ4v) is 3.34. The molecule has 138 valence electrons. The molecular weight excluding hydrogens is 338 g/mol. The van der Waals surface area contributed by atoms with Crippen molar-refractivity contribution in [3.05, 3.63) is 58.4 Å². The Morgan fingerprint density at radius 1 is 1.26 bits per heavy atom. The summed E-state index contributed by atoms with van der Waals surface area (Å²) in [6, 6.07) is 11.3. The molecule has 6 nitrogen and oxygen atoms in total. The van der Waals surface area contributed by atoms with E-state index < -0.39 is 0 Å². The maximum atomic E-state index is 13.4. The van der Waals surface area contributed by atoms with Crippen LogP contribution < -0.4 is 0 Å². The van der Waals surface area contributed by atoms with Gasteiger partial charge >= 0.3 is 0 Å². The van der Waals surface area contributed by atoms with Crippen LogP contribution in [0.1, 0.15) is 46.2 Å². The molecule has 0 saturated carbocycles. The van der Waals surface area contributed by atoms with Gasteiger partial charge in [-0.15, -0.1) is 0 Å². The number of pyridine rings is 1. The second-order valence-corrected chi connectivity index (χ2v) is 6.75.